The number of benzene rings is 1. The summed E-state index contributed by atoms with van der Waals surface area (Å²) in [6.07, 6.45) is 1.15. The Kier molecular flexibility index (Phi) is 5.46. The highest BCUT2D eigenvalue weighted by molar-refractivity contribution is 7.89. The van der Waals surface area contributed by atoms with E-state index in [4.69, 9.17) is 9.47 Å². The van der Waals surface area contributed by atoms with Gasteiger partial charge in [0.15, 0.2) is 5.57 Å². The molecule has 0 bridgehead atoms. The predicted molar refractivity (Wildman–Crippen MR) is 101 cm³/mol. The minimum atomic E-state index is -3.63. The molecule has 0 unspecified atom stereocenters. The average Bonchev–Trinajstić information content (AvgIpc) is 2.60. The summed E-state index contributed by atoms with van der Waals surface area (Å²) in [4.78, 5) is 26.1. The van der Waals surface area contributed by atoms with E-state index in [0.717, 1.165) is 6.20 Å². The normalized spacial score (nSPS) is 21.0. The Bertz CT molecular complexity index is 895. The Labute approximate surface area is 163 Å². The van der Waals surface area contributed by atoms with Crippen molar-refractivity contribution in [1.29, 1.82) is 0 Å². The Balaban J connectivity index is 1.77. The minimum absolute atomic E-state index is 0.135. The lowest BCUT2D eigenvalue weighted by Gasteiger charge is -2.31. The van der Waals surface area contributed by atoms with Crippen LogP contribution in [-0.2, 0) is 29.1 Å². The third kappa shape index (κ3) is 4.34. The van der Waals surface area contributed by atoms with E-state index in [1.807, 2.05) is 7.05 Å². The number of piperazine rings is 1. The number of hydrogen-bond donors (Lipinski definition) is 1. The number of anilines is 1. The summed E-state index contributed by atoms with van der Waals surface area (Å²) in [6, 6.07) is 6.18. The highest BCUT2D eigenvalue weighted by Crippen LogP contribution is 2.24. The van der Waals surface area contributed by atoms with Crippen LogP contribution in [0.4, 0.5) is 5.69 Å². The van der Waals surface area contributed by atoms with Gasteiger partial charge in [0.2, 0.25) is 10.0 Å². The third-order valence-electron chi connectivity index (χ3n) is 4.43. The van der Waals surface area contributed by atoms with Crippen molar-refractivity contribution < 1.29 is 27.5 Å². The van der Waals surface area contributed by atoms with Crippen LogP contribution in [0.15, 0.2) is 40.9 Å². The second-order valence-corrected chi connectivity index (χ2v) is 9.05. The maximum Gasteiger partial charge on any atom is 0.350 e. The van der Waals surface area contributed by atoms with Gasteiger partial charge in [0.05, 0.1) is 4.90 Å². The summed E-state index contributed by atoms with van der Waals surface area (Å²) in [5.74, 6) is -2.94. The zero-order valence-electron chi connectivity index (χ0n) is 16.0. The summed E-state index contributed by atoms with van der Waals surface area (Å²) in [5, 5.41) is 2.77. The summed E-state index contributed by atoms with van der Waals surface area (Å²) in [7, 11) is -1.68. The molecule has 2 aliphatic rings. The predicted octanol–water partition coefficient (Wildman–Crippen LogP) is 0.755. The van der Waals surface area contributed by atoms with E-state index in [-0.39, 0.29) is 10.5 Å². The fourth-order valence-electron chi connectivity index (χ4n) is 2.86. The SMILES string of the molecule is CN1CCN(S(=O)(=O)c2cccc(NC=C3C(=O)OC(C)(C)OC3=O)c2)CC1. The number of likely N-dealkylation sites (N-methyl/N-ethyl adjacent to an activating group) is 1. The number of carbonyl (C=O) groups excluding carboxylic acids is 2. The zero-order chi connectivity index (χ0) is 20.5. The lowest BCUT2D eigenvalue weighted by molar-refractivity contribution is -0.222. The lowest BCUT2D eigenvalue weighted by atomic mass is 10.2. The topological polar surface area (TPSA) is 105 Å². The zero-order valence-corrected chi connectivity index (χ0v) is 16.8. The molecule has 152 valence electrons. The van der Waals surface area contributed by atoms with Crippen molar-refractivity contribution >= 4 is 27.6 Å². The van der Waals surface area contributed by atoms with Gasteiger partial charge in [0, 0.05) is 51.9 Å². The Morgan fingerprint density at radius 1 is 1.07 bits per heavy atom. The van der Waals surface area contributed by atoms with E-state index >= 15 is 0 Å². The molecule has 0 aliphatic carbocycles. The number of rotatable bonds is 4. The lowest BCUT2D eigenvalue weighted by Crippen LogP contribution is -2.47. The van der Waals surface area contributed by atoms with Gasteiger partial charge >= 0.3 is 11.9 Å². The monoisotopic (exact) mass is 409 g/mol. The van der Waals surface area contributed by atoms with Crippen molar-refractivity contribution in [3.63, 3.8) is 0 Å². The van der Waals surface area contributed by atoms with Crippen molar-refractivity contribution in [3.8, 4) is 0 Å². The van der Waals surface area contributed by atoms with Crippen molar-refractivity contribution in [1.82, 2.24) is 9.21 Å². The summed E-state index contributed by atoms with van der Waals surface area (Å²) >= 11 is 0. The molecule has 1 N–H and O–H groups in total. The molecule has 10 heteroatoms. The van der Waals surface area contributed by atoms with Gasteiger partial charge in [-0.25, -0.2) is 18.0 Å². The van der Waals surface area contributed by atoms with Crippen LogP contribution in [0.25, 0.3) is 0 Å². The quantitative estimate of drug-likeness (QED) is 0.441. The molecule has 1 aromatic rings. The van der Waals surface area contributed by atoms with Gasteiger partial charge in [0.1, 0.15) is 0 Å². The number of ether oxygens (including phenoxy) is 2. The molecule has 0 aromatic heterocycles. The van der Waals surface area contributed by atoms with Gasteiger partial charge in [-0.05, 0) is 25.2 Å². The number of esters is 2. The molecule has 0 atom stereocenters. The molecule has 2 heterocycles. The van der Waals surface area contributed by atoms with Gasteiger partial charge in [-0.1, -0.05) is 6.07 Å². The molecule has 0 amide bonds. The molecule has 2 fully saturated rings. The molecular formula is C18H23N3O6S. The van der Waals surface area contributed by atoms with Gasteiger partial charge in [-0.3, -0.25) is 0 Å². The maximum absolute atomic E-state index is 12.8. The van der Waals surface area contributed by atoms with Gasteiger partial charge in [-0.2, -0.15) is 4.31 Å². The fourth-order valence-corrected chi connectivity index (χ4v) is 4.33. The second-order valence-electron chi connectivity index (χ2n) is 7.12. The number of carbonyl (C=O) groups is 2. The van der Waals surface area contributed by atoms with E-state index in [1.54, 1.807) is 12.1 Å². The minimum Gasteiger partial charge on any atom is -0.419 e. The first-order valence-corrected chi connectivity index (χ1v) is 10.2. The van der Waals surface area contributed by atoms with Gasteiger partial charge in [0.25, 0.3) is 5.79 Å². The van der Waals surface area contributed by atoms with Crippen LogP contribution in [0.5, 0.6) is 0 Å². The number of nitrogens with zero attached hydrogens (tertiary/aromatic N) is 2. The molecule has 3 rings (SSSR count). The third-order valence-corrected chi connectivity index (χ3v) is 6.33. The van der Waals surface area contributed by atoms with Crippen molar-refractivity contribution in [2.45, 2.75) is 24.5 Å². The standard InChI is InChI=1S/C18H23N3O6S/c1-18(2)26-16(22)15(17(23)27-18)12-19-13-5-4-6-14(11-13)28(24,25)21-9-7-20(3)8-10-21/h4-6,11-12,19H,7-10H2,1-3H3. The summed E-state index contributed by atoms with van der Waals surface area (Å²) in [5.41, 5.74) is 0.111. The Hall–Kier alpha value is -2.43. The molecule has 2 aliphatic heterocycles. The van der Waals surface area contributed by atoms with Crippen molar-refractivity contribution in [2.24, 2.45) is 0 Å². The van der Waals surface area contributed by atoms with Crippen LogP contribution < -0.4 is 5.32 Å². The average molecular weight is 409 g/mol. The van der Waals surface area contributed by atoms with E-state index < -0.39 is 27.7 Å². The second kappa shape index (κ2) is 7.53. The Morgan fingerprint density at radius 3 is 2.29 bits per heavy atom. The van der Waals surface area contributed by atoms with Crippen LogP contribution in [0.1, 0.15) is 13.8 Å². The van der Waals surface area contributed by atoms with E-state index in [1.165, 1.54) is 30.3 Å². The first-order valence-electron chi connectivity index (χ1n) is 8.81. The highest BCUT2D eigenvalue weighted by atomic mass is 32.2. The first-order chi connectivity index (χ1) is 13.1. The summed E-state index contributed by atoms with van der Waals surface area (Å²) < 4.78 is 37.2. The van der Waals surface area contributed by atoms with Crippen LogP contribution >= 0.6 is 0 Å². The molecule has 1 aromatic carbocycles. The highest BCUT2D eigenvalue weighted by Gasteiger charge is 2.39. The molecule has 2 saturated heterocycles. The molecule has 0 saturated carbocycles. The Morgan fingerprint density at radius 2 is 1.68 bits per heavy atom. The largest absolute Gasteiger partial charge is 0.419 e. The van der Waals surface area contributed by atoms with Crippen molar-refractivity contribution in [3.05, 3.63) is 36.0 Å². The number of hydrogen-bond acceptors (Lipinski definition) is 8. The summed E-state index contributed by atoms with van der Waals surface area (Å²) in [6.45, 7) is 5.11. The number of nitrogens with one attached hydrogen (secondary N) is 1. The maximum atomic E-state index is 12.8. The van der Waals surface area contributed by atoms with Crippen LogP contribution in [0, 0.1) is 0 Å². The van der Waals surface area contributed by atoms with Gasteiger partial charge < -0.3 is 19.7 Å². The molecule has 0 spiro atoms. The van der Waals surface area contributed by atoms with Crippen LogP contribution in [0.3, 0.4) is 0 Å². The number of sulfonamides is 1. The number of cyclic esters (lactones) is 2. The van der Waals surface area contributed by atoms with Gasteiger partial charge in [-0.15, -0.1) is 0 Å². The van der Waals surface area contributed by atoms with Crippen molar-refractivity contribution in [2.75, 3.05) is 38.5 Å². The smallest absolute Gasteiger partial charge is 0.350 e. The van der Waals surface area contributed by atoms with E-state index in [2.05, 4.69) is 10.2 Å². The van der Waals surface area contributed by atoms with Crippen LogP contribution in [-0.4, -0.2) is 68.6 Å². The van der Waals surface area contributed by atoms with E-state index in [9.17, 15) is 18.0 Å². The molecular weight excluding hydrogens is 386 g/mol. The molecule has 9 nitrogen and oxygen atoms in total. The first kappa shape index (κ1) is 20.3. The fraction of sp³-hybridized carbons (Fsp3) is 0.444. The van der Waals surface area contributed by atoms with E-state index in [0.29, 0.717) is 31.9 Å². The molecule has 28 heavy (non-hydrogen) atoms. The van der Waals surface area contributed by atoms with Crippen LogP contribution in [0.2, 0.25) is 0 Å². The molecule has 0 radical (unpaired) electrons.